The van der Waals surface area contributed by atoms with E-state index in [9.17, 15) is 4.79 Å². The molecule has 1 aromatic carbocycles. The van der Waals surface area contributed by atoms with Crippen LogP contribution in [0.4, 0.5) is 10.7 Å². The Morgan fingerprint density at radius 2 is 1.69 bits per heavy atom. The average molecular weight is 396 g/mol. The first-order chi connectivity index (χ1) is 14.3. The number of piperazine rings is 1. The van der Waals surface area contributed by atoms with Gasteiger partial charge in [0.25, 0.3) is 0 Å². The lowest BCUT2D eigenvalue weighted by Gasteiger charge is -2.34. The van der Waals surface area contributed by atoms with Gasteiger partial charge < -0.3 is 19.9 Å². The average Bonchev–Trinajstić information content (AvgIpc) is 2.80. The SMILES string of the molecule is O=C(NCc1ccc(OC2CCCCC2)cc1)N1CCN(c2ncccn2)CC1. The summed E-state index contributed by atoms with van der Waals surface area (Å²) in [6.07, 6.45) is 10.0. The summed E-state index contributed by atoms with van der Waals surface area (Å²) in [5, 5.41) is 3.02. The Kier molecular flexibility index (Phi) is 6.44. The quantitative estimate of drug-likeness (QED) is 0.842. The molecule has 1 aliphatic carbocycles. The maximum atomic E-state index is 12.5. The minimum Gasteiger partial charge on any atom is -0.490 e. The molecule has 0 atom stereocenters. The van der Waals surface area contributed by atoms with E-state index in [4.69, 9.17) is 4.74 Å². The fourth-order valence-corrected chi connectivity index (χ4v) is 3.91. The number of hydrogen-bond donors (Lipinski definition) is 1. The Hall–Kier alpha value is -2.83. The lowest BCUT2D eigenvalue weighted by atomic mass is 9.98. The van der Waals surface area contributed by atoms with Gasteiger partial charge in [-0.2, -0.15) is 0 Å². The molecule has 154 valence electrons. The van der Waals surface area contributed by atoms with E-state index >= 15 is 0 Å². The second kappa shape index (κ2) is 9.58. The van der Waals surface area contributed by atoms with Crippen LogP contribution >= 0.6 is 0 Å². The van der Waals surface area contributed by atoms with E-state index in [0.29, 0.717) is 25.7 Å². The third-order valence-corrected chi connectivity index (χ3v) is 5.62. The molecule has 2 heterocycles. The first-order valence-electron chi connectivity index (χ1n) is 10.6. The number of hydrogen-bond acceptors (Lipinski definition) is 5. The fourth-order valence-electron chi connectivity index (χ4n) is 3.91. The summed E-state index contributed by atoms with van der Waals surface area (Å²) in [4.78, 5) is 25.0. The van der Waals surface area contributed by atoms with Gasteiger partial charge in [-0.3, -0.25) is 0 Å². The number of rotatable bonds is 5. The summed E-state index contributed by atoms with van der Waals surface area (Å²) in [6, 6.07) is 9.86. The van der Waals surface area contributed by atoms with E-state index in [1.807, 2.05) is 35.2 Å². The molecule has 1 aliphatic heterocycles. The summed E-state index contributed by atoms with van der Waals surface area (Å²) in [5.74, 6) is 1.65. The zero-order valence-corrected chi connectivity index (χ0v) is 16.8. The Balaban J connectivity index is 1.20. The van der Waals surface area contributed by atoms with E-state index in [1.54, 1.807) is 12.4 Å². The fraction of sp³-hybridized carbons (Fsp3) is 0.500. The highest BCUT2D eigenvalue weighted by atomic mass is 16.5. The molecule has 1 saturated heterocycles. The molecule has 4 rings (SSSR count). The van der Waals surface area contributed by atoms with Gasteiger partial charge in [0, 0.05) is 45.1 Å². The summed E-state index contributed by atoms with van der Waals surface area (Å²) in [7, 11) is 0. The van der Waals surface area contributed by atoms with Gasteiger partial charge in [0.05, 0.1) is 6.10 Å². The summed E-state index contributed by atoms with van der Waals surface area (Å²) in [5.41, 5.74) is 1.07. The molecule has 0 unspecified atom stereocenters. The number of ether oxygens (including phenoxy) is 1. The van der Waals surface area contributed by atoms with Crippen molar-refractivity contribution in [1.29, 1.82) is 0 Å². The molecular formula is C22H29N5O2. The molecule has 2 aliphatic rings. The van der Waals surface area contributed by atoms with Crippen LogP contribution in [0.1, 0.15) is 37.7 Å². The minimum absolute atomic E-state index is 0.0267. The topological polar surface area (TPSA) is 70.6 Å². The summed E-state index contributed by atoms with van der Waals surface area (Å²) < 4.78 is 6.07. The lowest BCUT2D eigenvalue weighted by Crippen LogP contribution is -2.52. The van der Waals surface area contributed by atoms with E-state index < -0.39 is 0 Å². The predicted molar refractivity (Wildman–Crippen MR) is 112 cm³/mol. The van der Waals surface area contributed by atoms with Crippen molar-refractivity contribution >= 4 is 12.0 Å². The first-order valence-corrected chi connectivity index (χ1v) is 10.6. The minimum atomic E-state index is -0.0267. The van der Waals surface area contributed by atoms with E-state index in [-0.39, 0.29) is 6.03 Å². The molecule has 1 aromatic heterocycles. The van der Waals surface area contributed by atoms with Gasteiger partial charge in [-0.05, 0) is 49.4 Å². The van der Waals surface area contributed by atoms with Crippen molar-refractivity contribution in [2.45, 2.75) is 44.8 Å². The highest BCUT2D eigenvalue weighted by Gasteiger charge is 2.22. The molecular weight excluding hydrogens is 366 g/mol. The number of aromatic nitrogens is 2. The van der Waals surface area contributed by atoms with Crippen molar-refractivity contribution in [1.82, 2.24) is 20.2 Å². The standard InChI is InChI=1S/C22H29N5O2/c28-22(27-15-13-26(14-16-27)21-23-11-4-12-24-21)25-17-18-7-9-20(10-8-18)29-19-5-2-1-3-6-19/h4,7-12,19H,1-3,5-6,13-17H2,(H,25,28). The number of nitrogens with zero attached hydrogens (tertiary/aromatic N) is 4. The lowest BCUT2D eigenvalue weighted by molar-refractivity contribution is 0.155. The van der Waals surface area contributed by atoms with Crippen molar-refractivity contribution < 1.29 is 9.53 Å². The van der Waals surface area contributed by atoms with Crippen LogP contribution in [0.5, 0.6) is 5.75 Å². The van der Waals surface area contributed by atoms with Gasteiger partial charge in [-0.1, -0.05) is 18.6 Å². The molecule has 2 fully saturated rings. The Bertz CT molecular complexity index is 770. The van der Waals surface area contributed by atoms with Gasteiger partial charge in [0.1, 0.15) is 5.75 Å². The Morgan fingerprint density at radius 3 is 2.38 bits per heavy atom. The zero-order chi connectivity index (χ0) is 19.9. The number of urea groups is 1. The van der Waals surface area contributed by atoms with Gasteiger partial charge in [-0.25, -0.2) is 14.8 Å². The maximum absolute atomic E-state index is 12.5. The maximum Gasteiger partial charge on any atom is 0.317 e. The van der Waals surface area contributed by atoms with Crippen LogP contribution in [0.15, 0.2) is 42.7 Å². The molecule has 0 spiro atoms. The van der Waals surface area contributed by atoms with E-state index in [0.717, 1.165) is 43.2 Å². The van der Waals surface area contributed by atoms with Crippen molar-refractivity contribution in [2.75, 3.05) is 31.1 Å². The van der Waals surface area contributed by atoms with Crippen LogP contribution in [0.3, 0.4) is 0 Å². The zero-order valence-electron chi connectivity index (χ0n) is 16.8. The van der Waals surface area contributed by atoms with Gasteiger partial charge >= 0.3 is 6.03 Å². The number of anilines is 1. The highest BCUT2D eigenvalue weighted by molar-refractivity contribution is 5.74. The number of carbonyl (C=O) groups excluding carboxylic acids is 1. The van der Waals surface area contributed by atoms with Crippen molar-refractivity contribution in [3.63, 3.8) is 0 Å². The van der Waals surface area contributed by atoms with Crippen molar-refractivity contribution in [2.24, 2.45) is 0 Å². The van der Waals surface area contributed by atoms with E-state index in [1.165, 1.54) is 19.3 Å². The van der Waals surface area contributed by atoms with Gasteiger partial charge in [0.15, 0.2) is 0 Å². The number of benzene rings is 1. The monoisotopic (exact) mass is 395 g/mol. The summed E-state index contributed by atoms with van der Waals surface area (Å²) in [6.45, 7) is 3.33. The molecule has 29 heavy (non-hydrogen) atoms. The van der Waals surface area contributed by atoms with Crippen LogP contribution < -0.4 is 15.0 Å². The van der Waals surface area contributed by atoms with Crippen LogP contribution in [0.2, 0.25) is 0 Å². The summed E-state index contributed by atoms with van der Waals surface area (Å²) >= 11 is 0. The smallest absolute Gasteiger partial charge is 0.317 e. The Morgan fingerprint density at radius 1 is 1.00 bits per heavy atom. The first kappa shape index (κ1) is 19.5. The number of nitrogens with one attached hydrogen (secondary N) is 1. The highest BCUT2D eigenvalue weighted by Crippen LogP contribution is 2.23. The Labute approximate surface area is 172 Å². The third-order valence-electron chi connectivity index (χ3n) is 5.62. The molecule has 1 saturated carbocycles. The second-order valence-electron chi connectivity index (χ2n) is 7.70. The predicted octanol–water partition coefficient (Wildman–Crippen LogP) is 3.22. The molecule has 1 N–H and O–H groups in total. The second-order valence-corrected chi connectivity index (χ2v) is 7.70. The molecule has 2 aromatic rings. The van der Waals surface area contributed by atoms with Gasteiger partial charge in [0.2, 0.25) is 5.95 Å². The molecule has 2 amide bonds. The third kappa shape index (κ3) is 5.37. The number of carbonyl (C=O) groups is 1. The molecule has 0 bridgehead atoms. The molecule has 7 nitrogen and oxygen atoms in total. The number of amides is 2. The largest absolute Gasteiger partial charge is 0.490 e. The van der Waals surface area contributed by atoms with Crippen LogP contribution in [-0.2, 0) is 6.54 Å². The van der Waals surface area contributed by atoms with Gasteiger partial charge in [-0.15, -0.1) is 0 Å². The molecule has 7 heteroatoms. The van der Waals surface area contributed by atoms with Crippen molar-refractivity contribution in [3.05, 3.63) is 48.3 Å². The van der Waals surface area contributed by atoms with Crippen LogP contribution in [0.25, 0.3) is 0 Å². The van der Waals surface area contributed by atoms with Crippen LogP contribution in [0, 0.1) is 0 Å². The van der Waals surface area contributed by atoms with Crippen molar-refractivity contribution in [3.8, 4) is 5.75 Å². The van der Waals surface area contributed by atoms with E-state index in [2.05, 4.69) is 20.2 Å². The van der Waals surface area contributed by atoms with Crippen LogP contribution in [-0.4, -0.2) is 53.2 Å². The normalized spacial score (nSPS) is 17.8. The molecule has 0 radical (unpaired) electrons.